The molecule has 0 radical (unpaired) electrons. The van der Waals surface area contributed by atoms with Crippen LogP contribution in [-0.4, -0.2) is 134 Å². The molecule has 0 aliphatic rings. The van der Waals surface area contributed by atoms with Gasteiger partial charge in [-0.15, -0.1) is 0 Å². The summed E-state index contributed by atoms with van der Waals surface area (Å²) in [6.07, 6.45) is 7.92. The first kappa shape index (κ1) is 94.4. The standard InChI is InChI=1S/C102H120N10O11S/c1-68(2)58-75(100(123)107-86(71(6)113)55-57-124-9)63-94(118)88(64-83-66-112(67-105-83)102(80-38-22-13-23-39-80,81-40-24-14-25-41-81)82-42-26-15-27-43-82)106-95(119)54-52-90(114)97(69(3)4)109-98(121)70(5)59-93(117)87(61-76-65-111(8)89-46-29-28-44-84(76)89)108-99(122)74(62-91(115)73-49-47-72(48-50-73)60-92(116)85(103)45-30-31-56-104-7)51-53-96(120)110-101(77-32-16-10-17-33-77,78-34-18-11-19-35-78)79-36-20-12-21-37-79/h10-29,32-44,46-50,65-70,74-75,85-88,97,104H,30-31,45,51-64,103H2,1-9H3,(H,106,119)(H,107,123)(H,108,122)(H,109,121)(H,110,120)/t70-,74-,75-,85+,86+,87+,88+,97+/m1/s1. The summed E-state index contributed by atoms with van der Waals surface area (Å²) in [5, 5.41) is 19.1. The van der Waals surface area contributed by atoms with Crippen molar-refractivity contribution in [3.05, 3.63) is 305 Å². The lowest BCUT2D eigenvalue weighted by atomic mass is 9.76. The van der Waals surface area contributed by atoms with Gasteiger partial charge in [-0.2, -0.15) is 11.8 Å². The maximum Gasteiger partial charge on any atom is 0.224 e. The number of hydrogen-bond acceptors (Lipinski definition) is 15. The van der Waals surface area contributed by atoms with Gasteiger partial charge in [0.2, 0.25) is 29.5 Å². The van der Waals surface area contributed by atoms with Crippen LogP contribution in [0.25, 0.3) is 10.9 Å². The fraction of sp³-hybridized carbons (Fsp3) is 0.373. The number of carbonyl (C=O) groups is 11. The monoisotopic (exact) mass is 1690 g/mol. The van der Waals surface area contributed by atoms with Gasteiger partial charge in [-0.05, 0) is 127 Å². The number of thioether (sulfide) groups is 1. The quantitative estimate of drug-likeness (QED) is 0.0106. The highest BCUT2D eigenvalue weighted by Crippen LogP contribution is 2.42. The van der Waals surface area contributed by atoms with Gasteiger partial charge in [0.15, 0.2) is 34.7 Å². The zero-order valence-electron chi connectivity index (χ0n) is 72.8. The lowest BCUT2D eigenvalue weighted by molar-refractivity contribution is -0.135. The second-order valence-electron chi connectivity index (χ2n) is 33.5. The Balaban J connectivity index is 0.888. The van der Waals surface area contributed by atoms with Gasteiger partial charge in [0.05, 0.1) is 42.2 Å². The summed E-state index contributed by atoms with van der Waals surface area (Å²) in [5.41, 5.74) is 12.2. The number of benzene rings is 8. The number of hydrogen-bond donors (Lipinski definition) is 7. The van der Waals surface area contributed by atoms with Gasteiger partial charge in [-0.25, -0.2) is 4.98 Å². The predicted molar refractivity (Wildman–Crippen MR) is 489 cm³/mol. The van der Waals surface area contributed by atoms with Gasteiger partial charge in [0, 0.05) is 111 Å². The molecule has 2 aromatic heterocycles. The summed E-state index contributed by atoms with van der Waals surface area (Å²) in [5.74, 6) is -8.22. The normalized spacial score (nSPS) is 13.6. The summed E-state index contributed by atoms with van der Waals surface area (Å²) in [7, 11) is 3.74. The molecule has 2 heterocycles. The maximum absolute atomic E-state index is 15.5. The molecule has 0 aliphatic carbocycles. The Morgan fingerprint density at radius 1 is 0.492 bits per heavy atom. The van der Waals surface area contributed by atoms with Crippen molar-refractivity contribution in [1.82, 2.24) is 46.0 Å². The van der Waals surface area contributed by atoms with Crippen molar-refractivity contribution in [2.75, 3.05) is 25.6 Å². The highest BCUT2D eigenvalue weighted by molar-refractivity contribution is 7.98. The van der Waals surface area contributed by atoms with Gasteiger partial charge < -0.3 is 46.8 Å². The van der Waals surface area contributed by atoms with Crippen molar-refractivity contribution in [3.63, 3.8) is 0 Å². The molecular formula is C102H120N10O11S. The number of amides is 5. The lowest BCUT2D eigenvalue weighted by Gasteiger charge is -2.37. The van der Waals surface area contributed by atoms with E-state index in [9.17, 15) is 33.6 Å². The number of aryl methyl sites for hydroxylation is 1. The molecule has 0 saturated heterocycles. The highest BCUT2D eigenvalue weighted by atomic mass is 32.2. The van der Waals surface area contributed by atoms with Crippen LogP contribution in [-0.2, 0) is 85.3 Å². The first-order valence-electron chi connectivity index (χ1n) is 43.3. The molecule has 0 unspecified atom stereocenters. The van der Waals surface area contributed by atoms with Crippen molar-refractivity contribution in [2.45, 2.75) is 179 Å². The number of aromatic nitrogens is 3. The molecule has 650 valence electrons. The molecule has 10 aromatic rings. The molecule has 0 fully saturated rings. The minimum Gasteiger partial charge on any atom is -0.350 e. The van der Waals surface area contributed by atoms with Gasteiger partial charge in [0.25, 0.3) is 0 Å². The van der Waals surface area contributed by atoms with Crippen LogP contribution in [0.1, 0.15) is 179 Å². The van der Waals surface area contributed by atoms with E-state index in [4.69, 9.17) is 10.7 Å². The number of Topliss-reactive ketones (excluding diaryl/α,β-unsaturated/α-hetero) is 6. The maximum atomic E-state index is 15.5. The second kappa shape index (κ2) is 46.0. The van der Waals surface area contributed by atoms with E-state index in [2.05, 4.69) is 31.9 Å². The molecule has 124 heavy (non-hydrogen) atoms. The largest absolute Gasteiger partial charge is 0.350 e. The van der Waals surface area contributed by atoms with Crippen LogP contribution >= 0.6 is 11.8 Å². The molecule has 0 aliphatic heterocycles. The third-order valence-corrected chi connectivity index (χ3v) is 24.1. The minimum absolute atomic E-state index is 0.0365. The number of para-hydroxylation sites is 1. The number of carbonyl (C=O) groups excluding carboxylic acids is 11. The molecule has 8 N–H and O–H groups in total. The van der Waals surface area contributed by atoms with E-state index in [1.54, 1.807) is 63.1 Å². The van der Waals surface area contributed by atoms with E-state index in [1.165, 1.54) is 6.92 Å². The number of ketones is 6. The Kier molecular flexibility index (Phi) is 35.0. The fourth-order valence-electron chi connectivity index (χ4n) is 16.7. The van der Waals surface area contributed by atoms with Crippen LogP contribution in [0.15, 0.2) is 249 Å². The zero-order chi connectivity index (χ0) is 88.9. The number of nitrogens with zero attached hydrogens (tertiary/aromatic N) is 3. The molecule has 10 rings (SSSR count). The number of unbranched alkanes of at least 4 members (excludes halogenated alkanes) is 1. The average Bonchev–Trinajstić information content (AvgIpc) is 1.35. The van der Waals surface area contributed by atoms with E-state index >= 15 is 19.2 Å². The second-order valence-corrected chi connectivity index (χ2v) is 34.5. The van der Waals surface area contributed by atoms with E-state index in [-0.39, 0.29) is 74.4 Å². The van der Waals surface area contributed by atoms with Crippen LogP contribution < -0.4 is 37.6 Å². The third-order valence-electron chi connectivity index (χ3n) is 23.4. The molecule has 22 heteroatoms. The van der Waals surface area contributed by atoms with Crippen LogP contribution in [0.3, 0.4) is 0 Å². The number of rotatable bonds is 50. The van der Waals surface area contributed by atoms with Crippen molar-refractivity contribution >= 4 is 86.9 Å². The Bertz CT molecular complexity index is 5030. The van der Waals surface area contributed by atoms with Crippen LogP contribution in [0.5, 0.6) is 0 Å². The SMILES string of the molecule is CNCCCC[C@H](N)C(=O)Cc1ccc(C(=O)C[C@@H](CCC(=O)NC(c2ccccc2)(c2ccccc2)c2ccccc2)C(=O)N[C@@H](Cc2cn(C)c3ccccc23)C(=O)C[C@@H](C)C(=O)N[C@H](C(=O)CCC(=O)N[C@@H](Cc2cn(C(c3ccccc3)(c3ccccc3)c3ccccc3)cn2)C(=O)C[C@@H](CC(C)C)C(=O)N[C@@H](CCSC)C(C)=O)C(C)C)cc1. The fourth-order valence-corrected chi connectivity index (χ4v) is 17.1. The topological polar surface area (TPSA) is 309 Å². The van der Waals surface area contributed by atoms with Crippen molar-refractivity contribution in [2.24, 2.45) is 42.4 Å². The highest BCUT2D eigenvalue weighted by Gasteiger charge is 2.42. The smallest absolute Gasteiger partial charge is 0.224 e. The summed E-state index contributed by atoms with van der Waals surface area (Å²) in [6, 6.07) is 67.8. The molecule has 8 aromatic carbocycles. The summed E-state index contributed by atoms with van der Waals surface area (Å²) < 4.78 is 3.91. The van der Waals surface area contributed by atoms with Gasteiger partial charge >= 0.3 is 0 Å². The Labute approximate surface area is 733 Å². The van der Waals surface area contributed by atoms with Crippen LogP contribution in [0, 0.1) is 29.6 Å². The molecular weight excluding hydrogens is 1570 g/mol. The van der Waals surface area contributed by atoms with E-state index < -0.39 is 130 Å². The van der Waals surface area contributed by atoms with Crippen molar-refractivity contribution in [1.29, 1.82) is 0 Å². The first-order chi connectivity index (χ1) is 59.7. The number of imidazole rings is 1. The van der Waals surface area contributed by atoms with E-state index in [1.807, 2.05) is 262 Å². The number of nitrogens with two attached hydrogens (primary N) is 1. The van der Waals surface area contributed by atoms with E-state index in [0.29, 0.717) is 41.8 Å². The molecule has 21 nitrogen and oxygen atoms in total. The Hall–Kier alpha value is -11.9. The molecule has 5 amide bonds. The predicted octanol–water partition coefficient (Wildman–Crippen LogP) is 14.1. The van der Waals surface area contributed by atoms with Gasteiger partial charge in [-0.1, -0.05) is 265 Å². The van der Waals surface area contributed by atoms with Crippen LogP contribution in [0.4, 0.5) is 0 Å². The molecule has 0 spiro atoms. The van der Waals surface area contributed by atoms with Crippen molar-refractivity contribution < 1.29 is 52.7 Å². The Morgan fingerprint density at radius 2 is 1.01 bits per heavy atom. The molecule has 0 saturated carbocycles. The van der Waals surface area contributed by atoms with Gasteiger partial charge in [0.1, 0.15) is 11.1 Å². The van der Waals surface area contributed by atoms with E-state index in [0.717, 1.165) is 63.7 Å². The lowest BCUT2D eigenvalue weighted by Crippen LogP contribution is -2.49. The summed E-state index contributed by atoms with van der Waals surface area (Å²) in [4.78, 5) is 165. The molecule has 0 bridgehead atoms. The summed E-state index contributed by atoms with van der Waals surface area (Å²) >= 11 is 1.55. The van der Waals surface area contributed by atoms with Gasteiger partial charge in [-0.3, -0.25) is 52.7 Å². The zero-order valence-corrected chi connectivity index (χ0v) is 73.6. The third kappa shape index (κ3) is 25.0. The van der Waals surface area contributed by atoms with Crippen LogP contribution in [0.2, 0.25) is 0 Å². The average molecular weight is 1690 g/mol. The first-order valence-corrected chi connectivity index (χ1v) is 44.7. The molecule has 8 atom stereocenters. The minimum atomic E-state index is -1.29. The number of fused-ring (bicyclic) bond motifs is 1. The van der Waals surface area contributed by atoms with Crippen molar-refractivity contribution in [3.8, 4) is 0 Å². The number of nitrogens with one attached hydrogen (secondary N) is 6. The summed E-state index contributed by atoms with van der Waals surface area (Å²) in [6.45, 7) is 11.2. The Morgan fingerprint density at radius 3 is 1.54 bits per heavy atom.